The molecule has 0 N–H and O–H groups in total. The Morgan fingerprint density at radius 3 is 1.74 bits per heavy atom. The summed E-state index contributed by atoms with van der Waals surface area (Å²) in [6.45, 7) is 5.60. The van der Waals surface area contributed by atoms with Crippen molar-refractivity contribution in [2.24, 2.45) is 11.8 Å². The molecule has 2 bridgehead atoms. The van der Waals surface area contributed by atoms with Gasteiger partial charge in [0.2, 0.25) is 0 Å². The van der Waals surface area contributed by atoms with Gasteiger partial charge in [0.1, 0.15) is 18.2 Å². The number of nitrogens with zero attached hydrogens (tertiary/aromatic N) is 1. The van der Waals surface area contributed by atoms with Gasteiger partial charge in [-0.25, -0.2) is 13.2 Å². The van der Waals surface area contributed by atoms with Crippen LogP contribution in [0.2, 0.25) is 0 Å². The van der Waals surface area contributed by atoms with E-state index in [2.05, 4.69) is 36.4 Å². The van der Waals surface area contributed by atoms with Crippen LogP contribution in [0.1, 0.15) is 53.5 Å². The van der Waals surface area contributed by atoms with Gasteiger partial charge in [0, 0.05) is 23.7 Å². The Morgan fingerprint density at radius 2 is 1.21 bits per heavy atom. The monoisotopic (exact) mass is 543 g/mol. The number of hydrogen-bond acceptors (Lipinski definition) is 6. The standard InChI is InChI=1S/C31H29NO6S/c1-16-12-14-17(15-13-16)39(34,35)32-26-27(36-30(32)33)24-22-18-8-4-6-10-20(18)23(21-11-7-5-9-19(21)22)25(24)28-29(26)38-31(2,3)37-28/h4-15,22-29H,1-3H3/t22?,23?,24-,25+,26-,27-,28-,29+/m1/s1. The summed E-state index contributed by atoms with van der Waals surface area (Å²) in [5, 5.41) is 0. The van der Waals surface area contributed by atoms with E-state index in [0.717, 1.165) is 9.87 Å². The first-order valence-corrected chi connectivity index (χ1v) is 15.0. The lowest BCUT2D eigenvalue weighted by atomic mass is 9.49. The molecule has 8 heteroatoms. The molecule has 0 spiro atoms. The Kier molecular flexibility index (Phi) is 4.68. The van der Waals surface area contributed by atoms with Gasteiger partial charge in [-0.2, -0.15) is 4.31 Å². The molecule has 2 saturated heterocycles. The van der Waals surface area contributed by atoms with E-state index in [1.807, 2.05) is 32.9 Å². The summed E-state index contributed by atoms with van der Waals surface area (Å²) in [5.74, 6) is -1.16. The van der Waals surface area contributed by atoms with Crippen LogP contribution >= 0.6 is 0 Å². The minimum atomic E-state index is -4.20. The average molecular weight is 544 g/mol. The zero-order chi connectivity index (χ0) is 26.8. The normalized spacial score (nSPS) is 34.9. The van der Waals surface area contributed by atoms with Crippen molar-refractivity contribution in [1.82, 2.24) is 4.31 Å². The van der Waals surface area contributed by atoms with Crippen LogP contribution in [0, 0.1) is 18.8 Å². The second-order valence-electron chi connectivity index (χ2n) is 11.9. The van der Waals surface area contributed by atoms with Crippen molar-refractivity contribution in [2.75, 3.05) is 0 Å². The van der Waals surface area contributed by atoms with Crippen molar-refractivity contribution >= 4 is 16.1 Å². The zero-order valence-corrected chi connectivity index (χ0v) is 22.7. The van der Waals surface area contributed by atoms with Crippen LogP contribution in [-0.4, -0.2) is 49.0 Å². The van der Waals surface area contributed by atoms with Crippen molar-refractivity contribution in [3.63, 3.8) is 0 Å². The topological polar surface area (TPSA) is 82.1 Å². The van der Waals surface area contributed by atoms with Crippen LogP contribution in [0.25, 0.3) is 0 Å². The SMILES string of the molecule is Cc1ccc(S(=O)(=O)N2C(=O)O[C@@H]3[C@@H]4C5c6ccccc6C(c6ccccc65)[C@@H]4[C@H]4OC(C)(C)O[C@H]4[C@@H]32)cc1. The van der Waals surface area contributed by atoms with Gasteiger partial charge in [-0.15, -0.1) is 0 Å². The average Bonchev–Trinajstić information content (AvgIpc) is 3.44. The number of carbonyl (C=O) groups excluding carboxylic acids is 1. The molecule has 6 aliphatic rings. The van der Waals surface area contributed by atoms with Gasteiger partial charge < -0.3 is 14.2 Å². The third kappa shape index (κ3) is 3.05. The quantitative estimate of drug-likeness (QED) is 0.456. The highest BCUT2D eigenvalue weighted by Crippen LogP contribution is 2.65. The van der Waals surface area contributed by atoms with Crippen LogP contribution in [0.3, 0.4) is 0 Å². The van der Waals surface area contributed by atoms with Gasteiger partial charge in [-0.3, -0.25) is 0 Å². The van der Waals surface area contributed by atoms with E-state index in [-0.39, 0.29) is 28.6 Å². The molecule has 0 aromatic heterocycles. The van der Waals surface area contributed by atoms with Crippen molar-refractivity contribution in [3.05, 3.63) is 101 Å². The third-order valence-corrected chi connectivity index (χ3v) is 11.2. The number of ether oxygens (including phenoxy) is 3. The lowest BCUT2D eigenvalue weighted by Crippen LogP contribution is -2.64. The summed E-state index contributed by atoms with van der Waals surface area (Å²) in [5.41, 5.74) is 5.89. The zero-order valence-electron chi connectivity index (χ0n) is 21.9. The van der Waals surface area contributed by atoms with Crippen LogP contribution < -0.4 is 0 Å². The molecule has 0 radical (unpaired) electrons. The molecule has 3 fully saturated rings. The van der Waals surface area contributed by atoms with Crippen molar-refractivity contribution in [1.29, 1.82) is 0 Å². The Labute approximate surface area is 227 Å². The van der Waals surface area contributed by atoms with Crippen LogP contribution in [-0.2, 0) is 24.2 Å². The molecule has 3 aromatic carbocycles. The molecular formula is C31H29NO6S. The van der Waals surface area contributed by atoms with Gasteiger partial charge in [0.15, 0.2) is 5.79 Å². The number of amides is 1. The fourth-order valence-corrected chi connectivity index (χ4v) is 9.67. The second-order valence-corrected chi connectivity index (χ2v) is 13.7. The molecule has 7 nitrogen and oxygen atoms in total. The first-order chi connectivity index (χ1) is 18.7. The number of benzene rings is 3. The lowest BCUT2D eigenvalue weighted by molar-refractivity contribution is -0.152. The first kappa shape index (κ1) is 23.7. The molecule has 3 aromatic rings. The van der Waals surface area contributed by atoms with E-state index in [1.165, 1.54) is 22.3 Å². The number of hydrogen-bond donors (Lipinski definition) is 0. The van der Waals surface area contributed by atoms with Crippen LogP contribution in [0.4, 0.5) is 4.79 Å². The Bertz CT molecular complexity index is 1590. The van der Waals surface area contributed by atoms with Gasteiger partial charge in [0.25, 0.3) is 10.0 Å². The van der Waals surface area contributed by atoms with Gasteiger partial charge in [0.05, 0.1) is 11.0 Å². The number of carbonyl (C=O) groups is 1. The molecule has 39 heavy (non-hydrogen) atoms. The fraction of sp³-hybridized carbons (Fsp3) is 0.387. The Balaban J connectivity index is 1.33. The molecule has 0 unspecified atom stereocenters. The molecule has 6 atom stereocenters. The van der Waals surface area contributed by atoms with Crippen molar-refractivity contribution < 1.29 is 27.4 Å². The maximum absolute atomic E-state index is 14.0. The summed E-state index contributed by atoms with van der Waals surface area (Å²) in [6.07, 6.45) is -2.58. The van der Waals surface area contributed by atoms with E-state index in [0.29, 0.717) is 0 Å². The maximum atomic E-state index is 14.0. The van der Waals surface area contributed by atoms with E-state index in [9.17, 15) is 13.2 Å². The molecular weight excluding hydrogens is 514 g/mol. The number of aryl methyl sites for hydroxylation is 1. The summed E-state index contributed by atoms with van der Waals surface area (Å²) in [6, 6.07) is 22.7. The summed E-state index contributed by atoms with van der Waals surface area (Å²) >= 11 is 0. The predicted octanol–water partition coefficient (Wildman–Crippen LogP) is 4.93. The molecule has 1 saturated carbocycles. The number of fused-ring (bicyclic) bond motifs is 3. The van der Waals surface area contributed by atoms with Gasteiger partial charge >= 0.3 is 6.09 Å². The molecule has 9 rings (SSSR count). The number of sulfonamides is 1. The lowest BCUT2D eigenvalue weighted by Gasteiger charge is -2.57. The highest BCUT2D eigenvalue weighted by Gasteiger charge is 2.71. The van der Waals surface area contributed by atoms with Crippen molar-refractivity contribution in [2.45, 2.75) is 67.6 Å². The Hall–Kier alpha value is -3.20. The minimum Gasteiger partial charge on any atom is -0.443 e. The molecule has 4 aliphatic carbocycles. The summed E-state index contributed by atoms with van der Waals surface area (Å²) in [7, 11) is -4.20. The van der Waals surface area contributed by atoms with E-state index in [4.69, 9.17) is 14.2 Å². The second kappa shape index (κ2) is 7.71. The number of rotatable bonds is 2. The van der Waals surface area contributed by atoms with Gasteiger partial charge in [-0.1, -0.05) is 66.2 Å². The highest BCUT2D eigenvalue weighted by atomic mass is 32.2. The molecule has 1 amide bonds. The van der Waals surface area contributed by atoms with Crippen LogP contribution in [0.15, 0.2) is 77.7 Å². The maximum Gasteiger partial charge on any atom is 0.424 e. The largest absolute Gasteiger partial charge is 0.443 e. The first-order valence-electron chi connectivity index (χ1n) is 13.5. The summed E-state index contributed by atoms with van der Waals surface area (Å²) < 4.78 is 48.2. The van der Waals surface area contributed by atoms with Crippen LogP contribution in [0.5, 0.6) is 0 Å². The highest BCUT2D eigenvalue weighted by molar-refractivity contribution is 7.89. The predicted molar refractivity (Wildman–Crippen MR) is 142 cm³/mol. The minimum absolute atomic E-state index is 0.0276. The van der Waals surface area contributed by atoms with E-state index in [1.54, 1.807) is 24.3 Å². The van der Waals surface area contributed by atoms with E-state index < -0.39 is 46.3 Å². The van der Waals surface area contributed by atoms with Crippen molar-refractivity contribution in [3.8, 4) is 0 Å². The Morgan fingerprint density at radius 1 is 0.718 bits per heavy atom. The fourth-order valence-electron chi connectivity index (χ4n) is 8.16. The molecule has 2 heterocycles. The third-order valence-electron chi connectivity index (χ3n) is 9.41. The van der Waals surface area contributed by atoms with E-state index >= 15 is 0 Å². The van der Waals surface area contributed by atoms with Gasteiger partial charge in [-0.05, 0) is 55.2 Å². The molecule has 2 aliphatic heterocycles. The molecule has 200 valence electrons. The smallest absolute Gasteiger partial charge is 0.424 e. The summed E-state index contributed by atoms with van der Waals surface area (Å²) in [4.78, 5) is 13.6.